The summed E-state index contributed by atoms with van der Waals surface area (Å²) in [6, 6.07) is 0. The molecule has 1 aliphatic heterocycles. The van der Waals surface area contributed by atoms with Crippen LogP contribution in [0.1, 0.15) is 0 Å². The predicted molar refractivity (Wildman–Crippen MR) is 35.1 cm³/mol. The predicted octanol–water partition coefficient (Wildman–Crippen LogP) is 1.16. The molecule has 1 aliphatic rings. The van der Waals surface area contributed by atoms with Crippen molar-refractivity contribution in [3.8, 4) is 0 Å². The Morgan fingerprint density at radius 3 is 2.25 bits per heavy atom. The average Bonchev–Trinajstić information content (AvgIpc) is 1.82. The van der Waals surface area contributed by atoms with Gasteiger partial charge in [0.1, 0.15) is 0 Å². The van der Waals surface area contributed by atoms with Crippen LogP contribution < -0.4 is 0 Å². The Kier molecular flexibility index (Phi) is 1.28. The summed E-state index contributed by atoms with van der Waals surface area (Å²) >= 11 is 3.01. The number of halogens is 1. The summed E-state index contributed by atoms with van der Waals surface area (Å²) in [5, 5.41) is 2.31. The lowest BCUT2D eigenvalue weighted by Crippen LogP contribution is -1.81. The van der Waals surface area contributed by atoms with Crippen molar-refractivity contribution >= 4 is 25.8 Å². The third-order valence-corrected chi connectivity index (χ3v) is 2.59. The molecular weight excluding hydrogens is 192 g/mol. The highest BCUT2D eigenvalue weighted by Gasteiger charge is 2.07. The Bertz CT molecular complexity index is 247. The molecule has 0 spiro atoms. The highest BCUT2D eigenvalue weighted by atomic mass is 79.9. The molecule has 4 heteroatoms. The van der Waals surface area contributed by atoms with Crippen LogP contribution in [0.2, 0.25) is 0 Å². The molecule has 8 heavy (non-hydrogen) atoms. The summed E-state index contributed by atoms with van der Waals surface area (Å²) in [5.41, 5.74) is 0. The van der Waals surface area contributed by atoms with Gasteiger partial charge in [0.2, 0.25) is 0 Å². The molecule has 0 saturated heterocycles. The molecule has 1 heterocycles. The van der Waals surface area contributed by atoms with Crippen molar-refractivity contribution in [1.29, 1.82) is 0 Å². The fraction of sp³-hybridized carbons (Fsp3) is 0. The first-order valence-electron chi connectivity index (χ1n) is 1.90. The maximum Gasteiger partial charge on any atom is 0.194 e. The van der Waals surface area contributed by atoms with Crippen LogP contribution in [0, 0.1) is 0 Å². The van der Waals surface area contributed by atoms with Gasteiger partial charge in [-0.05, 0) is 6.08 Å². The third kappa shape index (κ3) is 1.20. The van der Waals surface area contributed by atoms with Crippen LogP contribution in [-0.4, -0.2) is 8.42 Å². The molecule has 44 valence electrons. The molecule has 0 radical (unpaired) electrons. The van der Waals surface area contributed by atoms with E-state index in [0.717, 1.165) is 10.8 Å². The molecule has 0 aromatic carbocycles. The van der Waals surface area contributed by atoms with E-state index >= 15 is 0 Å². The fourth-order valence-electron chi connectivity index (χ4n) is 0.395. The van der Waals surface area contributed by atoms with Crippen LogP contribution >= 0.6 is 15.9 Å². The Balaban J connectivity index is 3.21. The van der Waals surface area contributed by atoms with Gasteiger partial charge < -0.3 is 0 Å². The first-order valence-corrected chi connectivity index (χ1v) is 4.31. The summed E-state index contributed by atoms with van der Waals surface area (Å²) in [6.07, 6.45) is 1.50. The van der Waals surface area contributed by atoms with Crippen LogP contribution in [0.4, 0.5) is 0 Å². The van der Waals surface area contributed by atoms with Crippen LogP contribution in [-0.2, 0) is 9.84 Å². The number of hydrogen-bond acceptors (Lipinski definition) is 2. The van der Waals surface area contributed by atoms with Gasteiger partial charge in [-0.3, -0.25) is 0 Å². The summed E-state index contributed by atoms with van der Waals surface area (Å²) in [6.45, 7) is 0. The van der Waals surface area contributed by atoms with E-state index in [2.05, 4.69) is 15.9 Å². The van der Waals surface area contributed by atoms with Gasteiger partial charge in [0.05, 0.1) is 0 Å². The molecule has 0 amide bonds. The van der Waals surface area contributed by atoms with Crippen molar-refractivity contribution in [1.82, 2.24) is 0 Å². The maximum atomic E-state index is 10.4. The summed E-state index contributed by atoms with van der Waals surface area (Å²) in [4.78, 5) is 0. The van der Waals surface area contributed by atoms with Crippen molar-refractivity contribution in [2.24, 2.45) is 0 Å². The molecule has 0 atom stereocenters. The van der Waals surface area contributed by atoms with E-state index in [-0.39, 0.29) is 0 Å². The molecule has 0 fully saturated rings. The van der Waals surface area contributed by atoms with Crippen molar-refractivity contribution < 1.29 is 8.42 Å². The third-order valence-electron chi connectivity index (χ3n) is 0.694. The standard InChI is InChI=1S/C4H3BrO2S/c5-4-1-2-8(6,7)3-4/h1-3H. The van der Waals surface area contributed by atoms with E-state index in [9.17, 15) is 8.42 Å². The molecule has 0 aromatic heterocycles. The number of hydrogen-bond donors (Lipinski definition) is 0. The number of sulfone groups is 1. The smallest absolute Gasteiger partial charge is 0.194 e. The van der Waals surface area contributed by atoms with Crippen molar-refractivity contribution in [3.63, 3.8) is 0 Å². The van der Waals surface area contributed by atoms with Gasteiger partial charge in [0.25, 0.3) is 0 Å². The molecule has 0 bridgehead atoms. The van der Waals surface area contributed by atoms with Crippen molar-refractivity contribution in [2.75, 3.05) is 0 Å². The zero-order valence-corrected chi connectivity index (χ0v) is 6.24. The number of rotatable bonds is 0. The van der Waals surface area contributed by atoms with Crippen LogP contribution in [0.15, 0.2) is 21.4 Å². The zero-order chi connectivity index (χ0) is 6.20. The zero-order valence-electron chi connectivity index (χ0n) is 3.83. The molecule has 1 rings (SSSR count). The second-order valence-electron chi connectivity index (χ2n) is 1.39. The maximum absolute atomic E-state index is 10.4. The van der Waals surface area contributed by atoms with E-state index in [0.29, 0.717) is 4.48 Å². The molecule has 0 N–H and O–H groups in total. The number of allylic oxidation sites excluding steroid dienone is 2. The largest absolute Gasteiger partial charge is 0.220 e. The fourth-order valence-corrected chi connectivity index (χ4v) is 2.29. The van der Waals surface area contributed by atoms with Gasteiger partial charge in [-0.15, -0.1) is 0 Å². The average molecular weight is 195 g/mol. The van der Waals surface area contributed by atoms with E-state index in [1.807, 2.05) is 0 Å². The summed E-state index contributed by atoms with van der Waals surface area (Å²) in [5.74, 6) is 0. The van der Waals surface area contributed by atoms with Gasteiger partial charge in [-0.1, -0.05) is 15.9 Å². The minimum absolute atomic E-state index is 0.609. The van der Waals surface area contributed by atoms with Gasteiger partial charge in [0.15, 0.2) is 9.84 Å². The molecule has 0 aliphatic carbocycles. The van der Waals surface area contributed by atoms with Crippen LogP contribution in [0.25, 0.3) is 0 Å². The van der Waals surface area contributed by atoms with Gasteiger partial charge in [-0.2, -0.15) is 0 Å². The van der Waals surface area contributed by atoms with Gasteiger partial charge >= 0.3 is 0 Å². The SMILES string of the molecule is O=S1(=O)C=CC(Br)=C1. The monoisotopic (exact) mass is 194 g/mol. The molecule has 2 nitrogen and oxygen atoms in total. The first kappa shape index (κ1) is 6.04. The minimum atomic E-state index is -2.98. The van der Waals surface area contributed by atoms with E-state index in [4.69, 9.17) is 0 Å². The molecule has 0 aromatic rings. The minimum Gasteiger partial charge on any atom is -0.220 e. The Hall–Kier alpha value is -0.0900. The van der Waals surface area contributed by atoms with Crippen molar-refractivity contribution in [3.05, 3.63) is 21.4 Å². The Morgan fingerprint density at radius 2 is 2.12 bits per heavy atom. The Labute approximate surface area is 55.9 Å². The first-order chi connectivity index (χ1) is 3.60. The van der Waals surface area contributed by atoms with Gasteiger partial charge in [0, 0.05) is 15.3 Å². The second kappa shape index (κ2) is 1.70. The topological polar surface area (TPSA) is 34.1 Å². The Morgan fingerprint density at radius 1 is 1.50 bits per heavy atom. The van der Waals surface area contributed by atoms with E-state index in [1.54, 1.807) is 0 Å². The molecular formula is C4H3BrO2S. The molecule has 0 unspecified atom stereocenters. The summed E-state index contributed by atoms with van der Waals surface area (Å²) in [7, 11) is -2.98. The highest BCUT2D eigenvalue weighted by molar-refractivity contribution is 9.12. The normalized spacial score (nSPS) is 23.4. The van der Waals surface area contributed by atoms with Crippen LogP contribution in [0.5, 0.6) is 0 Å². The van der Waals surface area contributed by atoms with Crippen LogP contribution in [0.3, 0.4) is 0 Å². The van der Waals surface area contributed by atoms with E-state index < -0.39 is 9.84 Å². The summed E-state index contributed by atoms with van der Waals surface area (Å²) < 4.78 is 21.5. The lowest BCUT2D eigenvalue weighted by atomic mass is 10.6. The lowest BCUT2D eigenvalue weighted by molar-refractivity contribution is 0.613. The lowest BCUT2D eigenvalue weighted by Gasteiger charge is -1.75. The van der Waals surface area contributed by atoms with Crippen molar-refractivity contribution in [2.45, 2.75) is 0 Å². The quantitative estimate of drug-likeness (QED) is 0.581. The highest BCUT2D eigenvalue weighted by Crippen LogP contribution is 2.17. The molecule has 0 saturated carbocycles. The van der Waals surface area contributed by atoms with Gasteiger partial charge in [-0.25, -0.2) is 8.42 Å². The van der Waals surface area contributed by atoms with E-state index in [1.165, 1.54) is 6.08 Å². The second-order valence-corrected chi connectivity index (χ2v) is 4.00.